The summed E-state index contributed by atoms with van der Waals surface area (Å²) in [6.45, 7) is 1.89. The molecule has 4 N–H and O–H groups in total. The first kappa shape index (κ1) is 13.2. The van der Waals surface area contributed by atoms with Gasteiger partial charge in [-0.1, -0.05) is 11.2 Å². The SMILES string of the molecule is Cc1ccc(N)nc1C(O)C(O)CCN=[N+]=[N-]. The number of nitrogen functional groups attached to an aromatic ring is 1. The Hall–Kier alpha value is -1.82. The van der Waals surface area contributed by atoms with Crippen molar-refractivity contribution in [3.8, 4) is 0 Å². The van der Waals surface area contributed by atoms with E-state index in [4.69, 9.17) is 11.3 Å². The third-order valence-electron chi connectivity index (χ3n) is 2.39. The van der Waals surface area contributed by atoms with E-state index in [1.165, 1.54) is 0 Å². The fourth-order valence-electron chi connectivity index (χ4n) is 1.43. The van der Waals surface area contributed by atoms with Gasteiger partial charge < -0.3 is 15.9 Å². The monoisotopic (exact) mass is 237 g/mol. The van der Waals surface area contributed by atoms with Gasteiger partial charge in [-0.2, -0.15) is 0 Å². The van der Waals surface area contributed by atoms with Gasteiger partial charge in [-0.3, -0.25) is 0 Å². The van der Waals surface area contributed by atoms with Gasteiger partial charge in [0.2, 0.25) is 0 Å². The van der Waals surface area contributed by atoms with E-state index >= 15 is 0 Å². The number of pyridine rings is 1. The van der Waals surface area contributed by atoms with Crippen LogP contribution in [0.15, 0.2) is 17.2 Å². The van der Waals surface area contributed by atoms with Gasteiger partial charge in [-0.25, -0.2) is 4.98 Å². The number of nitrogens with zero attached hydrogens (tertiary/aromatic N) is 4. The van der Waals surface area contributed by atoms with Gasteiger partial charge in [0.25, 0.3) is 0 Å². The van der Waals surface area contributed by atoms with Crippen molar-refractivity contribution in [2.75, 3.05) is 12.3 Å². The Morgan fingerprint density at radius 1 is 1.53 bits per heavy atom. The number of anilines is 1. The molecule has 0 spiro atoms. The number of aromatic nitrogens is 1. The molecule has 2 unspecified atom stereocenters. The fraction of sp³-hybridized carbons (Fsp3) is 0.500. The van der Waals surface area contributed by atoms with Gasteiger partial charge >= 0.3 is 0 Å². The second-order valence-corrected chi connectivity index (χ2v) is 3.69. The lowest BCUT2D eigenvalue weighted by molar-refractivity contribution is 0.0122. The largest absolute Gasteiger partial charge is 0.390 e. The van der Waals surface area contributed by atoms with Crippen molar-refractivity contribution < 1.29 is 10.2 Å². The quantitative estimate of drug-likeness (QED) is 0.402. The van der Waals surface area contributed by atoms with Crippen LogP contribution < -0.4 is 5.73 Å². The molecule has 0 saturated carbocycles. The second-order valence-electron chi connectivity index (χ2n) is 3.69. The second kappa shape index (κ2) is 6.05. The van der Waals surface area contributed by atoms with Gasteiger partial charge in [-0.15, -0.1) is 0 Å². The highest BCUT2D eigenvalue weighted by molar-refractivity contribution is 5.34. The Bertz CT molecular complexity index is 431. The van der Waals surface area contributed by atoms with Crippen LogP contribution in [0.5, 0.6) is 0 Å². The summed E-state index contributed by atoms with van der Waals surface area (Å²) in [5.41, 5.74) is 14.7. The van der Waals surface area contributed by atoms with Gasteiger partial charge in [-0.05, 0) is 30.5 Å². The molecule has 0 aliphatic heterocycles. The van der Waals surface area contributed by atoms with Crippen LogP contribution in [0.1, 0.15) is 23.8 Å². The number of nitrogens with two attached hydrogens (primary N) is 1. The van der Waals surface area contributed by atoms with E-state index in [0.717, 1.165) is 5.56 Å². The van der Waals surface area contributed by atoms with E-state index in [-0.39, 0.29) is 18.8 Å². The van der Waals surface area contributed by atoms with Crippen LogP contribution in [0.3, 0.4) is 0 Å². The zero-order valence-electron chi connectivity index (χ0n) is 9.48. The number of aliphatic hydroxyl groups excluding tert-OH is 2. The summed E-state index contributed by atoms with van der Waals surface area (Å²) in [4.78, 5) is 6.55. The average molecular weight is 237 g/mol. The average Bonchev–Trinajstić information content (AvgIpc) is 2.31. The highest BCUT2D eigenvalue weighted by Crippen LogP contribution is 2.21. The number of rotatable bonds is 5. The van der Waals surface area contributed by atoms with Crippen LogP contribution in [0.25, 0.3) is 10.4 Å². The van der Waals surface area contributed by atoms with Crippen molar-refractivity contribution in [1.82, 2.24) is 4.98 Å². The molecule has 1 aromatic heterocycles. The first-order valence-corrected chi connectivity index (χ1v) is 5.16. The topological polar surface area (TPSA) is 128 Å². The molecule has 1 rings (SSSR count). The molecule has 1 heterocycles. The normalized spacial score (nSPS) is 13.8. The molecular formula is C10H15N5O2. The first-order valence-electron chi connectivity index (χ1n) is 5.16. The summed E-state index contributed by atoms with van der Waals surface area (Å²) in [7, 11) is 0. The molecule has 0 saturated heterocycles. The highest BCUT2D eigenvalue weighted by atomic mass is 16.3. The lowest BCUT2D eigenvalue weighted by Gasteiger charge is -2.18. The molecule has 7 heteroatoms. The van der Waals surface area contributed by atoms with Crippen LogP contribution in [-0.4, -0.2) is 27.8 Å². The number of hydrogen-bond acceptors (Lipinski definition) is 5. The predicted octanol–water partition coefficient (Wildman–Crippen LogP) is 1.07. The summed E-state index contributed by atoms with van der Waals surface area (Å²) in [6.07, 6.45) is -2.00. The van der Waals surface area contributed by atoms with E-state index in [1.54, 1.807) is 19.1 Å². The van der Waals surface area contributed by atoms with E-state index in [2.05, 4.69) is 15.0 Å². The third-order valence-corrected chi connectivity index (χ3v) is 2.39. The highest BCUT2D eigenvalue weighted by Gasteiger charge is 2.21. The lowest BCUT2D eigenvalue weighted by Crippen LogP contribution is -2.21. The maximum atomic E-state index is 9.89. The van der Waals surface area contributed by atoms with Crippen molar-refractivity contribution in [3.05, 3.63) is 33.8 Å². The third kappa shape index (κ3) is 3.60. The molecule has 0 aliphatic rings. The molecule has 0 aliphatic carbocycles. The lowest BCUT2D eigenvalue weighted by atomic mass is 10.0. The van der Waals surface area contributed by atoms with Crippen molar-refractivity contribution in [3.63, 3.8) is 0 Å². The summed E-state index contributed by atoms with van der Waals surface area (Å²) < 4.78 is 0. The van der Waals surface area contributed by atoms with Crippen molar-refractivity contribution in [1.29, 1.82) is 0 Å². The summed E-state index contributed by atoms with van der Waals surface area (Å²) in [5.74, 6) is 0.284. The molecule has 0 fully saturated rings. The first-order chi connectivity index (χ1) is 8.06. The van der Waals surface area contributed by atoms with Crippen LogP contribution in [-0.2, 0) is 0 Å². The van der Waals surface area contributed by atoms with E-state index in [9.17, 15) is 10.2 Å². The zero-order chi connectivity index (χ0) is 12.8. The summed E-state index contributed by atoms with van der Waals surface area (Å²) >= 11 is 0. The number of azide groups is 1. The molecule has 0 aromatic carbocycles. The molecule has 0 amide bonds. The summed E-state index contributed by atoms with van der Waals surface area (Å²) in [6, 6.07) is 3.35. The minimum Gasteiger partial charge on any atom is -0.390 e. The molecule has 92 valence electrons. The van der Waals surface area contributed by atoms with Crippen LogP contribution in [0.2, 0.25) is 0 Å². The Morgan fingerprint density at radius 2 is 2.24 bits per heavy atom. The number of aliphatic hydroxyl groups is 2. The minimum absolute atomic E-state index is 0.121. The van der Waals surface area contributed by atoms with Crippen molar-refractivity contribution in [2.24, 2.45) is 5.11 Å². The van der Waals surface area contributed by atoms with Gasteiger partial charge in [0, 0.05) is 11.5 Å². The Labute approximate surface area is 98.5 Å². The summed E-state index contributed by atoms with van der Waals surface area (Å²) in [5, 5.41) is 22.9. The minimum atomic E-state index is -1.13. The number of aryl methyl sites for hydroxylation is 1. The van der Waals surface area contributed by atoms with Crippen molar-refractivity contribution in [2.45, 2.75) is 25.6 Å². The Kier molecular flexibility index (Phi) is 4.71. The molecule has 0 radical (unpaired) electrons. The number of hydrogen-bond donors (Lipinski definition) is 3. The molecular weight excluding hydrogens is 222 g/mol. The maximum Gasteiger partial charge on any atom is 0.123 e. The van der Waals surface area contributed by atoms with Gasteiger partial charge in [0.15, 0.2) is 0 Å². The Morgan fingerprint density at radius 3 is 2.88 bits per heavy atom. The van der Waals surface area contributed by atoms with Crippen LogP contribution in [0.4, 0.5) is 5.82 Å². The van der Waals surface area contributed by atoms with E-state index in [0.29, 0.717) is 5.69 Å². The molecule has 17 heavy (non-hydrogen) atoms. The molecule has 0 bridgehead atoms. The standard InChI is InChI=1S/C10H15N5O2/c1-6-2-3-8(11)14-9(6)10(17)7(16)4-5-13-15-12/h2-3,7,10,16-17H,4-5H2,1H3,(H2,11,14). The predicted molar refractivity (Wildman–Crippen MR) is 63.0 cm³/mol. The fourth-order valence-corrected chi connectivity index (χ4v) is 1.43. The van der Waals surface area contributed by atoms with Crippen LogP contribution in [0, 0.1) is 6.92 Å². The zero-order valence-corrected chi connectivity index (χ0v) is 9.48. The molecule has 1 aromatic rings. The van der Waals surface area contributed by atoms with Crippen LogP contribution >= 0.6 is 0 Å². The maximum absolute atomic E-state index is 9.89. The Balaban J connectivity index is 2.76. The van der Waals surface area contributed by atoms with Crippen molar-refractivity contribution >= 4 is 5.82 Å². The van der Waals surface area contributed by atoms with E-state index in [1.807, 2.05) is 0 Å². The van der Waals surface area contributed by atoms with Gasteiger partial charge in [0.1, 0.15) is 11.9 Å². The van der Waals surface area contributed by atoms with E-state index < -0.39 is 12.2 Å². The molecule has 7 nitrogen and oxygen atoms in total. The van der Waals surface area contributed by atoms with Gasteiger partial charge in [0.05, 0.1) is 11.8 Å². The molecule has 2 atom stereocenters. The smallest absolute Gasteiger partial charge is 0.123 e.